The average molecular weight is 296 g/mol. The van der Waals surface area contributed by atoms with Gasteiger partial charge >= 0.3 is 0 Å². The van der Waals surface area contributed by atoms with Gasteiger partial charge < -0.3 is 15.2 Å². The second kappa shape index (κ2) is 6.11. The molecule has 20 heavy (non-hydrogen) atoms. The Morgan fingerprint density at radius 2 is 1.70 bits per heavy atom. The van der Waals surface area contributed by atoms with Crippen LogP contribution in [0.1, 0.15) is 17.2 Å². The molecule has 0 aliphatic heterocycles. The molecule has 2 N–H and O–H groups in total. The van der Waals surface area contributed by atoms with E-state index in [1.807, 2.05) is 0 Å². The van der Waals surface area contributed by atoms with Crippen molar-refractivity contribution in [1.82, 2.24) is 0 Å². The van der Waals surface area contributed by atoms with E-state index in [1.54, 1.807) is 44.6 Å². The lowest BCUT2D eigenvalue weighted by atomic mass is 9.99. The average Bonchev–Trinajstić information content (AvgIpc) is 2.48. The summed E-state index contributed by atoms with van der Waals surface area (Å²) in [6.07, 6.45) is 0. The van der Waals surface area contributed by atoms with Crippen LogP contribution in [0, 0.1) is 5.82 Å². The molecule has 0 aliphatic rings. The summed E-state index contributed by atoms with van der Waals surface area (Å²) in [5, 5.41) is 0.0294. The monoisotopic (exact) mass is 295 g/mol. The molecular weight excluding hydrogens is 281 g/mol. The quantitative estimate of drug-likeness (QED) is 0.938. The maximum absolute atomic E-state index is 13.5. The molecule has 5 heteroatoms. The highest BCUT2D eigenvalue weighted by atomic mass is 35.5. The van der Waals surface area contributed by atoms with Crippen LogP contribution in [-0.2, 0) is 0 Å². The molecule has 0 amide bonds. The Bertz CT molecular complexity index is 597. The molecule has 0 heterocycles. The standard InChI is InChI=1S/C15H15ClFNO2/c1-19-10-6-9(7-11(8-10)20-2)15(18)12-4-3-5-13(17)14(12)16/h3-8,15H,18H2,1-2H3. The Kier molecular flexibility index (Phi) is 4.47. The van der Waals surface area contributed by atoms with Gasteiger partial charge in [-0.1, -0.05) is 23.7 Å². The molecule has 0 spiro atoms. The van der Waals surface area contributed by atoms with Gasteiger partial charge in [0.15, 0.2) is 0 Å². The van der Waals surface area contributed by atoms with Gasteiger partial charge in [-0.2, -0.15) is 0 Å². The fraction of sp³-hybridized carbons (Fsp3) is 0.200. The molecule has 0 fully saturated rings. The molecule has 0 radical (unpaired) electrons. The second-order valence-corrected chi connectivity index (χ2v) is 4.64. The van der Waals surface area contributed by atoms with Crippen LogP contribution in [0.4, 0.5) is 4.39 Å². The Morgan fingerprint density at radius 1 is 1.10 bits per heavy atom. The number of methoxy groups -OCH3 is 2. The zero-order valence-corrected chi connectivity index (χ0v) is 11.9. The highest BCUT2D eigenvalue weighted by molar-refractivity contribution is 6.31. The number of hydrogen-bond acceptors (Lipinski definition) is 3. The first kappa shape index (κ1) is 14.6. The topological polar surface area (TPSA) is 44.5 Å². The lowest BCUT2D eigenvalue weighted by molar-refractivity contribution is 0.393. The van der Waals surface area contributed by atoms with Crippen molar-refractivity contribution in [2.24, 2.45) is 5.73 Å². The Morgan fingerprint density at radius 3 is 2.25 bits per heavy atom. The summed E-state index contributed by atoms with van der Waals surface area (Å²) in [4.78, 5) is 0. The van der Waals surface area contributed by atoms with Crippen LogP contribution in [0.25, 0.3) is 0 Å². The van der Waals surface area contributed by atoms with Crippen molar-refractivity contribution in [3.05, 3.63) is 58.4 Å². The van der Waals surface area contributed by atoms with Crippen molar-refractivity contribution in [1.29, 1.82) is 0 Å². The van der Waals surface area contributed by atoms with E-state index in [2.05, 4.69) is 0 Å². The van der Waals surface area contributed by atoms with Crippen LogP contribution < -0.4 is 15.2 Å². The number of nitrogens with two attached hydrogens (primary N) is 1. The predicted octanol–water partition coefficient (Wildman–Crippen LogP) is 3.54. The maximum Gasteiger partial charge on any atom is 0.142 e. The van der Waals surface area contributed by atoms with Gasteiger partial charge in [-0.05, 0) is 29.3 Å². The first-order chi connectivity index (χ1) is 9.56. The van der Waals surface area contributed by atoms with E-state index in [-0.39, 0.29) is 5.02 Å². The highest BCUT2D eigenvalue weighted by Gasteiger charge is 2.16. The zero-order valence-electron chi connectivity index (χ0n) is 11.2. The van der Waals surface area contributed by atoms with Crippen LogP contribution in [-0.4, -0.2) is 14.2 Å². The van der Waals surface area contributed by atoms with E-state index in [0.717, 1.165) is 5.56 Å². The molecule has 2 rings (SSSR count). The number of ether oxygens (including phenoxy) is 2. The van der Waals surface area contributed by atoms with E-state index in [9.17, 15) is 4.39 Å². The Balaban J connectivity index is 2.47. The second-order valence-electron chi connectivity index (χ2n) is 4.27. The third-order valence-corrected chi connectivity index (χ3v) is 3.45. The molecular formula is C15H15ClFNO2. The van der Waals surface area contributed by atoms with E-state index in [1.165, 1.54) is 6.07 Å². The summed E-state index contributed by atoms with van der Waals surface area (Å²) in [7, 11) is 3.11. The van der Waals surface area contributed by atoms with Crippen LogP contribution in [0.15, 0.2) is 36.4 Å². The van der Waals surface area contributed by atoms with Gasteiger partial charge in [0.2, 0.25) is 0 Å². The van der Waals surface area contributed by atoms with E-state index in [4.69, 9.17) is 26.8 Å². The highest BCUT2D eigenvalue weighted by Crippen LogP contribution is 2.32. The molecule has 2 aromatic rings. The molecule has 0 saturated heterocycles. The first-order valence-electron chi connectivity index (χ1n) is 5.99. The molecule has 0 aliphatic carbocycles. The van der Waals surface area contributed by atoms with Crippen molar-refractivity contribution in [3.63, 3.8) is 0 Å². The van der Waals surface area contributed by atoms with Gasteiger partial charge in [0.05, 0.1) is 25.3 Å². The smallest absolute Gasteiger partial charge is 0.142 e. The number of benzene rings is 2. The van der Waals surface area contributed by atoms with Crippen LogP contribution in [0.2, 0.25) is 5.02 Å². The Labute approximate surface area is 122 Å². The molecule has 0 saturated carbocycles. The third-order valence-electron chi connectivity index (χ3n) is 3.05. The van der Waals surface area contributed by atoms with Crippen LogP contribution in [0.5, 0.6) is 11.5 Å². The first-order valence-corrected chi connectivity index (χ1v) is 6.37. The van der Waals surface area contributed by atoms with Crippen molar-refractivity contribution in [3.8, 4) is 11.5 Å². The van der Waals surface area contributed by atoms with Crippen molar-refractivity contribution < 1.29 is 13.9 Å². The normalized spacial score (nSPS) is 12.1. The van der Waals surface area contributed by atoms with Gasteiger partial charge in [0, 0.05) is 6.07 Å². The fourth-order valence-corrected chi connectivity index (χ4v) is 2.19. The van der Waals surface area contributed by atoms with E-state index >= 15 is 0 Å². The van der Waals surface area contributed by atoms with Gasteiger partial charge in [-0.3, -0.25) is 0 Å². The van der Waals surface area contributed by atoms with Crippen molar-refractivity contribution in [2.45, 2.75) is 6.04 Å². The minimum Gasteiger partial charge on any atom is -0.497 e. The zero-order chi connectivity index (χ0) is 14.7. The lowest BCUT2D eigenvalue weighted by Gasteiger charge is -2.16. The van der Waals surface area contributed by atoms with E-state index in [0.29, 0.717) is 17.1 Å². The molecule has 3 nitrogen and oxygen atoms in total. The number of halogens is 2. The maximum atomic E-state index is 13.5. The molecule has 0 aromatic heterocycles. The summed E-state index contributed by atoms with van der Waals surface area (Å²) in [6, 6.07) is 9.29. The SMILES string of the molecule is COc1cc(OC)cc(C(N)c2cccc(F)c2Cl)c1. The van der Waals surface area contributed by atoms with Crippen LogP contribution in [0.3, 0.4) is 0 Å². The molecule has 1 atom stereocenters. The summed E-state index contributed by atoms with van der Waals surface area (Å²) in [6.45, 7) is 0. The van der Waals surface area contributed by atoms with Gasteiger partial charge in [-0.25, -0.2) is 4.39 Å². The largest absolute Gasteiger partial charge is 0.497 e. The number of hydrogen-bond donors (Lipinski definition) is 1. The van der Waals surface area contributed by atoms with E-state index < -0.39 is 11.9 Å². The van der Waals surface area contributed by atoms with Gasteiger partial charge in [0.1, 0.15) is 17.3 Å². The molecule has 1 unspecified atom stereocenters. The minimum absolute atomic E-state index is 0.0294. The third kappa shape index (κ3) is 2.86. The lowest BCUT2D eigenvalue weighted by Crippen LogP contribution is -2.13. The van der Waals surface area contributed by atoms with Crippen LogP contribution >= 0.6 is 11.6 Å². The summed E-state index contributed by atoms with van der Waals surface area (Å²) in [5.41, 5.74) is 7.42. The molecule has 106 valence electrons. The summed E-state index contributed by atoms with van der Waals surface area (Å²) >= 11 is 5.97. The van der Waals surface area contributed by atoms with Gasteiger partial charge in [0.25, 0.3) is 0 Å². The summed E-state index contributed by atoms with van der Waals surface area (Å²) < 4.78 is 23.9. The molecule has 2 aromatic carbocycles. The fourth-order valence-electron chi connectivity index (χ4n) is 1.95. The van der Waals surface area contributed by atoms with Crippen molar-refractivity contribution in [2.75, 3.05) is 14.2 Å². The minimum atomic E-state index is -0.567. The van der Waals surface area contributed by atoms with Crippen molar-refractivity contribution >= 4 is 11.6 Å². The number of rotatable bonds is 4. The summed E-state index contributed by atoms with van der Waals surface area (Å²) in [5.74, 6) is 0.735. The van der Waals surface area contributed by atoms with Gasteiger partial charge in [-0.15, -0.1) is 0 Å². The molecule has 0 bridgehead atoms. The predicted molar refractivity (Wildman–Crippen MR) is 77.0 cm³/mol. The Hall–Kier alpha value is -1.78.